The summed E-state index contributed by atoms with van der Waals surface area (Å²) in [6.45, 7) is 33.2. The molecule has 0 aromatic rings. The lowest BCUT2D eigenvalue weighted by molar-refractivity contribution is -0.164. The number of carbonyl (C=O) groups is 4. The third-order valence-electron chi connectivity index (χ3n) is 8.27. The van der Waals surface area contributed by atoms with Gasteiger partial charge in [-0.3, -0.25) is 19.2 Å². The summed E-state index contributed by atoms with van der Waals surface area (Å²) >= 11 is 0. The lowest BCUT2D eigenvalue weighted by Gasteiger charge is -2.37. The third-order valence-corrected chi connectivity index (χ3v) is 11.2. The first kappa shape index (κ1) is 39.8. The van der Waals surface area contributed by atoms with Gasteiger partial charge in [0.2, 0.25) is 0 Å². The number of hydrogen-bond donors (Lipinski definition) is 0. The molecule has 0 spiro atoms. The second-order valence-electron chi connectivity index (χ2n) is 16.8. The van der Waals surface area contributed by atoms with E-state index < -0.39 is 45.1 Å². The van der Waals surface area contributed by atoms with Gasteiger partial charge in [-0.05, 0) is 99.3 Å². The van der Waals surface area contributed by atoms with Gasteiger partial charge in [0.15, 0.2) is 12.2 Å². The lowest BCUT2D eigenvalue weighted by atomic mass is 9.81. The molecule has 10 heteroatoms. The molecular formula is C33H60O8P2. The SMILES string of the molecule is CPC(C)(CC(C)(C)C)C(=O)OC1C(C)(C)OC(=O)C1(C)C.CPC(C)(CC(C)(C)C)C(=O)OC1C(C)C(=O)OC1(C)C. The molecule has 2 aliphatic rings. The molecule has 2 rings (SSSR count). The number of ether oxygens (including phenoxy) is 4. The summed E-state index contributed by atoms with van der Waals surface area (Å²) in [4.78, 5) is 49.3. The van der Waals surface area contributed by atoms with Crippen molar-refractivity contribution in [3.05, 3.63) is 0 Å². The summed E-state index contributed by atoms with van der Waals surface area (Å²) in [5.41, 5.74) is -2.30. The fourth-order valence-corrected chi connectivity index (χ4v) is 8.14. The molecule has 2 aliphatic heterocycles. The summed E-state index contributed by atoms with van der Waals surface area (Å²) in [5, 5.41) is -1.05. The van der Waals surface area contributed by atoms with Gasteiger partial charge in [-0.1, -0.05) is 41.5 Å². The topological polar surface area (TPSA) is 105 Å². The lowest BCUT2D eigenvalue weighted by Crippen LogP contribution is -2.47. The number of carbonyl (C=O) groups excluding carboxylic acids is 4. The predicted molar refractivity (Wildman–Crippen MR) is 176 cm³/mol. The Hall–Kier alpha value is -1.26. The van der Waals surface area contributed by atoms with E-state index in [0.29, 0.717) is 17.2 Å². The van der Waals surface area contributed by atoms with Crippen LogP contribution in [0.2, 0.25) is 0 Å². The fourth-order valence-electron chi connectivity index (χ4n) is 6.20. The minimum absolute atomic E-state index is 0.0316. The highest BCUT2D eigenvalue weighted by atomic mass is 31.1. The monoisotopic (exact) mass is 646 g/mol. The minimum atomic E-state index is -0.821. The van der Waals surface area contributed by atoms with E-state index >= 15 is 0 Å². The van der Waals surface area contributed by atoms with Crippen LogP contribution < -0.4 is 0 Å². The maximum atomic E-state index is 12.8. The Morgan fingerprint density at radius 1 is 0.721 bits per heavy atom. The Bertz CT molecular complexity index is 1050. The van der Waals surface area contributed by atoms with Gasteiger partial charge in [0.05, 0.1) is 16.2 Å². The average molecular weight is 647 g/mol. The van der Waals surface area contributed by atoms with Crippen LogP contribution in [0.15, 0.2) is 0 Å². The molecular weight excluding hydrogens is 586 g/mol. The van der Waals surface area contributed by atoms with Crippen molar-refractivity contribution in [2.45, 2.75) is 150 Å². The highest BCUT2D eigenvalue weighted by Crippen LogP contribution is 2.46. The maximum Gasteiger partial charge on any atom is 0.316 e. The first-order chi connectivity index (χ1) is 19.0. The van der Waals surface area contributed by atoms with Crippen LogP contribution >= 0.6 is 17.2 Å². The molecule has 0 bridgehead atoms. The molecule has 250 valence electrons. The largest absolute Gasteiger partial charge is 0.457 e. The van der Waals surface area contributed by atoms with Crippen LogP contribution in [0.25, 0.3) is 0 Å². The molecule has 0 aliphatic carbocycles. The molecule has 0 aromatic carbocycles. The van der Waals surface area contributed by atoms with Gasteiger partial charge < -0.3 is 18.9 Å². The molecule has 8 nitrogen and oxygen atoms in total. The van der Waals surface area contributed by atoms with Crippen molar-refractivity contribution in [2.75, 3.05) is 13.3 Å². The van der Waals surface area contributed by atoms with E-state index in [1.165, 1.54) is 0 Å². The first-order valence-corrected chi connectivity index (χ1v) is 18.2. The van der Waals surface area contributed by atoms with Crippen LogP contribution in [0.3, 0.4) is 0 Å². The molecule has 0 N–H and O–H groups in total. The highest BCUT2D eigenvalue weighted by Gasteiger charge is 2.59. The smallest absolute Gasteiger partial charge is 0.316 e. The number of esters is 4. The Labute approximate surface area is 264 Å². The standard InChI is InChI=1S/C17H31O4P.C16H29O4P/c1-14(2,3)10-17(8,22-9)13(19)20-11-15(4,5)12(18)21-16(11,6)7;1-10-11(15(5,6)20-12(10)17)19-13(18)16(7,21-8)9-14(2,3)4/h11,22H,10H2,1-9H3;10-11,21H,9H2,1-8H3. The van der Waals surface area contributed by atoms with Crippen molar-refractivity contribution in [1.29, 1.82) is 0 Å². The normalized spacial score (nSPS) is 27.6. The summed E-state index contributed by atoms with van der Waals surface area (Å²) < 4.78 is 22.3. The number of rotatable bonds is 8. The van der Waals surface area contributed by atoms with Gasteiger partial charge >= 0.3 is 23.9 Å². The molecule has 43 heavy (non-hydrogen) atoms. The van der Waals surface area contributed by atoms with Crippen LogP contribution in [0.4, 0.5) is 0 Å². The van der Waals surface area contributed by atoms with Gasteiger partial charge in [0, 0.05) is 0 Å². The van der Waals surface area contributed by atoms with Gasteiger partial charge in [0.1, 0.15) is 16.6 Å². The van der Waals surface area contributed by atoms with Crippen molar-refractivity contribution in [3.8, 4) is 0 Å². The molecule has 0 radical (unpaired) electrons. The molecule has 7 atom stereocenters. The van der Waals surface area contributed by atoms with E-state index in [2.05, 4.69) is 41.5 Å². The van der Waals surface area contributed by atoms with Crippen molar-refractivity contribution < 1.29 is 38.1 Å². The Morgan fingerprint density at radius 2 is 1.12 bits per heavy atom. The Morgan fingerprint density at radius 3 is 1.40 bits per heavy atom. The van der Waals surface area contributed by atoms with Gasteiger partial charge in [-0.25, -0.2) is 0 Å². The molecule has 2 saturated heterocycles. The maximum absolute atomic E-state index is 12.8. The molecule has 2 heterocycles. The quantitative estimate of drug-likeness (QED) is 0.156. The second kappa shape index (κ2) is 13.2. The first-order valence-electron chi connectivity index (χ1n) is 15.2. The van der Waals surface area contributed by atoms with E-state index in [1.807, 2.05) is 27.2 Å². The Balaban J connectivity index is 0.000000430. The zero-order valence-electron chi connectivity index (χ0n) is 29.9. The second-order valence-corrected chi connectivity index (χ2v) is 20.0. The molecule has 0 saturated carbocycles. The zero-order chi connectivity index (χ0) is 34.2. The van der Waals surface area contributed by atoms with Crippen LogP contribution in [0.5, 0.6) is 0 Å². The van der Waals surface area contributed by atoms with E-state index in [-0.39, 0.29) is 34.7 Å². The highest BCUT2D eigenvalue weighted by molar-refractivity contribution is 7.40. The van der Waals surface area contributed by atoms with E-state index in [9.17, 15) is 19.2 Å². The van der Waals surface area contributed by atoms with Gasteiger partial charge in [-0.2, -0.15) is 0 Å². The molecule has 2 fully saturated rings. The van der Waals surface area contributed by atoms with Crippen LogP contribution in [0.1, 0.15) is 117 Å². The van der Waals surface area contributed by atoms with E-state index in [0.717, 1.165) is 12.8 Å². The van der Waals surface area contributed by atoms with Crippen LogP contribution in [0, 0.1) is 22.2 Å². The van der Waals surface area contributed by atoms with Crippen molar-refractivity contribution in [1.82, 2.24) is 0 Å². The molecule has 7 unspecified atom stereocenters. The van der Waals surface area contributed by atoms with Gasteiger partial charge in [-0.15, -0.1) is 17.2 Å². The summed E-state index contributed by atoms with van der Waals surface area (Å²) in [6, 6.07) is 0. The summed E-state index contributed by atoms with van der Waals surface area (Å²) in [7, 11) is 0.882. The van der Waals surface area contributed by atoms with Crippen LogP contribution in [-0.4, -0.2) is 70.9 Å². The van der Waals surface area contributed by atoms with Crippen molar-refractivity contribution in [3.63, 3.8) is 0 Å². The number of cyclic esters (lactones) is 2. The summed E-state index contributed by atoms with van der Waals surface area (Å²) in [5.74, 6) is -1.47. The van der Waals surface area contributed by atoms with E-state index in [4.69, 9.17) is 18.9 Å². The third kappa shape index (κ3) is 9.86. The average Bonchev–Trinajstić information content (AvgIpc) is 3.10. The number of hydrogen-bond acceptors (Lipinski definition) is 8. The Kier molecular flexibility index (Phi) is 12.2. The molecule has 0 amide bonds. The van der Waals surface area contributed by atoms with Gasteiger partial charge in [0.25, 0.3) is 0 Å². The molecule has 0 aromatic heterocycles. The summed E-state index contributed by atoms with van der Waals surface area (Å²) in [6.07, 6.45) is 0.407. The van der Waals surface area contributed by atoms with Crippen molar-refractivity contribution >= 4 is 41.0 Å². The van der Waals surface area contributed by atoms with Crippen LogP contribution in [-0.2, 0) is 38.1 Å². The predicted octanol–water partition coefficient (Wildman–Crippen LogP) is 7.14. The van der Waals surface area contributed by atoms with Crippen molar-refractivity contribution in [2.24, 2.45) is 22.2 Å². The minimum Gasteiger partial charge on any atom is -0.457 e. The fraction of sp³-hybridized carbons (Fsp3) is 0.879. The zero-order valence-corrected chi connectivity index (χ0v) is 31.9. The van der Waals surface area contributed by atoms with E-state index in [1.54, 1.807) is 48.5 Å².